The average Bonchev–Trinajstić information content (AvgIpc) is 2.54. The van der Waals surface area contributed by atoms with Crippen LogP contribution in [0, 0.1) is 6.92 Å². The number of aryl methyl sites for hydroxylation is 2. The first-order valence-corrected chi connectivity index (χ1v) is 9.68. The summed E-state index contributed by atoms with van der Waals surface area (Å²) in [5.41, 5.74) is 3.03. The van der Waals surface area contributed by atoms with Crippen LogP contribution in [0.15, 0.2) is 47.4 Å². The van der Waals surface area contributed by atoms with Crippen molar-refractivity contribution < 1.29 is 8.42 Å². The van der Waals surface area contributed by atoms with E-state index in [1.807, 2.05) is 19.0 Å². The molecule has 2 rings (SSSR count). The first-order chi connectivity index (χ1) is 11.3. The number of benzene rings is 2. The zero-order chi connectivity index (χ0) is 17.7. The molecule has 0 unspecified atom stereocenters. The lowest BCUT2D eigenvalue weighted by molar-refractivity contribution is 0.578. The van der Waals surface area contributed by atoms with Gasteiger partial charge >= 0.3 is 0 Å². The molecule has 0 aliphatic rings. The smallest absolute Gasteiger partial charge is 0.240 e. The Hall–Kier alpha value is -1.56. The third kappa shape index (κ3) is 4.97. The summed E-state index contributed by atoms with van der Waals surface area (Å²) in [6.45, 7) is 2.15. The molecule has 0 heterocycles. The molecule has 130 valence electrons. The Morgan fingerprint density at radius 1 is 1.08 bits per heavy atom. The van der Waals surface area contributed by atoms with Crippen LogP contribution < -0.4 is 9.62 Å². The average molecular weight is 367 g/mol. The van der Waals surface area contributed by atoms with E-state index in [4.69, 9.17) is 11.6 Å². The molecule has 0 spiro atoms. The van der Waals surface area contributed by atoms with Crippen LogP contribution in [-0.2, 0) is 16.4 Å². The zero-order valence-corrected chi connectivity index (χ0v) is 15.8. The van der Waals surface area contributed by atoms with E-state index in [0.29, 0.717) is 17.1 Å². The highest BCUT2D eigenvalue weighted by Gasteiger charge is 2.16. The fraction of sp³-hybridized carbons (Fsp3) is 0.333. The van der Waals surface area contributed by atoms with Gasteiger partial charge in [-0.15, -0.1) is 0 Å². The molecule has 0 radical (unpaired) electrons. The van der Waals surface area contributed by atoms with Crippen molar-refractivity contribution in [1.82, 2.24) is 4.72 Å². The summed E-state index contributed by atoms with van der Waals surface area (Å²) in [5, 5.41) is 0.418. The van der Waals surface area contributed by atoms with Gasteiger partial charge in [0.1, 0.15) is 0 Å². The lowest BCUT2D eigenvalue weighted by Crippen LogP contribution is -2.25. The molecule has 0 amide bonds. The van der Waals surface area contributed by atoms with Crippen LogP contribution in [-0.4, -0.2) is 29.1 Å². The minimum absolute atomic E-state index is 0.241. The zero-order valence-electron chi connectivity index (χ0n) is 14.2. The van der Waals surface area contributed by atoms with E-state index in [9.17, 15) is 8.42 Å². The van der Waals surface area contributed by atoms with Crippen molar-refractivity contribution in [3.05, 3.63) is 58.6 Å². The van der Waals surface area contributed by atoms with Crippen molar-refractivity contribution in [2.75, 3.05) is 25.5 Å². The number of hydrogen-bond acceptors (Lipinski definition) is 3. The lowest BCUT2D eigenvalue weighted by Gasteiger charge is -2.13. The highest BCUT2D eigenvalue weighted by molar-refractivity contribution is 7.89. The van der Waals surface area contributed by atoms with Gasteiger partial charge in [0.15, 0.2) is 0 Å². The number of hydrogen-bond donors (Lipinski definition) is 1. The summed E-state index contributed by atoms with van der Waals surface area (Å²) < 4.78 is 27.4. The van der Waals surface area contributed by atoms with Gasteiger partial charge in [0.25, 0.3) is 0 Å². The Kier molecular flexibility index (Phi) is 6.27. The molecule has 2 aromatic carbocycles. The van der Waals surface area contributed by atoms with Gasteiger partial charge in [-0.1, -0.05) is 29.8 Å². The maximum atomic E-state index is 12.4. The Labute approximate surface area is 149 Å². The molecule has 0 atom stereocenters. The van der Waals surface area contributed by atoms with Crippen molar-refractivity contribution in [2.24, 2.45) is 0 Å². The number of halogens is 1. The fourth-order valence-corrected chi connectivity index (χ4v) is 3.98. The SMILES string of the molecule is Cc1ccc(Cl)cc1S(=O)(=O)NCCCc1ccc(N(C)C)cc1. The van der Waals surface area contributed by atoms with Crippen LogP contribution in [0.3, 0.4) is 0 Å². The third-order valence-corrected chi connectivity index (χ3v) is 5.66. The van der Waals surface area contributed by atoms with Gasteiger partial charge in [0, 0.05) is 31.4 Å². The van der Waals surface area contributed by atoms with E-state index in [-0.39, 0.29) is 4.90 Å². The van der Waals surface area contributed by atoms with E-state index in [1.54, 1.807) is 19.1 Å². The van der Waals surface area contributed by atoms with E-state index in [2.05, 4.69) is 29.0 Å². The first kappa shape index (κ1) is 18.8. The molecular weight excluding hydrogens is 344 g/mol. The van der Waals surface area contributed by atoms with Crippen molar-refractivity contribution in [1.29, 1.82) is 0 Å². The Balaban J connectivity index is 1.90. The van der Waals surface area contributed by atoms with Crippen LogP contribution in [0.4, 0.5) is 5.69 Å². The third-order valence-electron chi connectivity index (χ3n) is 3.83. The standard InChI is InChI=1S/C18H23ClN2O2S/c1-14-6-9-16(19)13-18(14)24(22,23)20-12-4-5-15-7-10-17(11-8-15)21(2)3/h6-11,13,20H,4-5,12H2,1-3H3. The number of anilines is 1. The van der Waals surface area contributed by atoms with Gasteiger partial charge in [0.2, 0.25) is 10.0 Å². The van der Waals surface area contributed by atoms with Gasteiger partial charge in [-0.2, -0.15) is 0 Å². The molecule has 4 nitrogen and oxygen atoms in total. The summed E-state index contributed by atoms with van der Waals surface area (Å²) in [6, 6.07) is 13.2. The summed E-state index contributed by atoms with van der Waals surface area (Å²) in [5.74, 6) is 0. The molecular formula is C18H23ClN2O2S. The van der Waals surface area contributed by atoms with Crippen molar-refractivity contribution >= 4 is 27.3 Å². The summed E-state index contributed by atoms with van der Waals surface area (Å²) in [6.07, 6.45) is 1.56. The van der Waals surface area contributed by atoms with Gasteiger partial charge < -0.3 is 4.90 Å². The summed E-state index contributed by atoms with van der Waals surface area (Å²) in [7, 11) is 0.476. The molecule has 0 bridgehead atoms. The van der Waals surface area contributed by atoms with Crippen molar-refractivity contribution in [2.45, 2.75) is 24.7 Å². The number of rotatable bonds is 7. The molecule has 0 saturated heterocycles. The van der Waals surface area contributed by atoms with Crippen LogP contribution in [0.2, 0.25) is 5.02 Å². The minimum atomic E-state index is -3.53. The fourth-order valence-electron chi connectivity index (χ4n) is 2.40. The van der Waals surface area contributed by atoms with E-state index in [0.717, 1.165) is 18.5 Å². The van der Waals surface area contributed by atoms with Gasteiger partial charge in [-0.3, -0.25) is 0 Å². The molecule has 0 saturated carbocycles. The van der Waals surface area contributed by atoms with Gasteiger partial charge in [-0.05, 0) is 55.2 Å². The highest BCUT2D eigenvalue weighted by atomic mass is 35.5. The Morgan fingerprint density at radius 2 is 1.75 bits per heavy atom. The maximum Gasteiger partial charge on any atom is 0.240 e. The molecule has 0 aromatic heterocycles. The highest BCUT2D eigenvalue weighted by Crippen LogP contribution is 2.20. The van der Waals surface area contributed by atoms with E-state index in [1.165, 1.54) is 11.6 Å². The number of nitrogens with zero attached hydrogens (tertiary/aromatic N) is 1. The van der Waals surface area contributed by atoms with Crippen molar-refractivity contribution in [3.63, 3.8) is 0 Å². The predicted molar refractivity (Wildman–Crippen MR) is 100 cm³/mol. The number of nitrogens with one attached hydrogen (secondary N) is 1. The summed E-state index contributed by atoms with van der Waals surface area (Å²) in [4.78, 5) is 2.29. The van der Waals surface area contributed by atoms with E-state index >= 15 is 0 Å². The van der Waals surface area contributed by atoms with Gasteiger partial charge in [-0.25, -0.2) is 13.1 Å². The molecule has 24 heavy (non-hydrogen) atoms. The first-order valence-electron chi connectivity index (χ1n) is 7.82. The molecule has 0 fully saturated rings. The second kappa shape index (κ2) is 8.01. The Bertz CT molecular complexity index is 787. The number of sulfonamides is 1. The largest absolute Gasteiger partial charge is 0.378 e. The van der Waals surface area contributed by atoms with Crippen molar-refractivity contribution in [3.8, 4) is 0 Å². The monoisotopic (exact) mass is 366 g/mol. The quantitative estimate of drug-likeness (QED) is 0.761. The maximum absolute atomic E-state index is 12.4. The van der Waals surface area contributed by atoms with E-state index < -0.39 is 10.0 Å². The van der Waals surface area contributed by atoms with Crippen LogP contribution in [0.1, 0.15) is 17.5 Å². The normalized spacial score (nSPS) is 11.5. The molecule has 6 heteroatoms. The molecule has 2 aromatic rings. The van der Waals surface area contributed by atoms with Crippen LogP contribution in [0.5, 0.6) is 0 Å². The Morgan fingerprint density at radius 3 is 2.38 bits per heavy atom. The second-order valence-electron chi connectivity index (χ2n) is 5.97. The van der Waals surface area contributed by atoms with Crippen LogP contribution in [0.25, 0.3) is 0 Å². The molecule has 0 aliphatic heterocycles. The molecule has 0 aliphatic carbocycles. The van der Waals surface area contributed by atoms with Gasteiger partial charge in [0.05, 0.1) is 4.90 Å². The lowest BCUT2D eigenvalue weighted by atomic mass is 10.1. The summed E-state index contributed by atoms with van der Waals surface area (Å²) >= 11 is 5.90. The topological polar surface area (TPSA) is 49.4 Å². The van der Waals surface area contributed by atoms with Crippen LogP contribution >= 0.6 is 11.6 Å². The molecule has 1 N–H and O–H groups in total. The second-order valence-corrected chi connectivity index (χ2v) is 8.14. The minimum Gasteiger partial charge on any atom is -0.378 e. The predicted octanol–water partition coefficient (Wildman–Crippen LogP) is 3.63.